The predicted octanol–water partition coefficient (Wildman–Crippen LogP) is 4.85. The van der Waals surface area contributed by atoms with Crippen LogP contribution in [0.15, 0.2) is 42.5 Å². The third kappa shape index (κ3) is 3.89. The van der Waals surface area contributed by atoms with E-state index < -0.39 is 0 Å². The van der Waals surface area contributed by atoms with Crippen molar-refractivity contribution in [2.24, 2.45) is 0 Å². The number of ether oxygens (including phenoxy) is 1. The second kappa shape index (κ2) is 6.98. The van der Waals surface area contributed by atoms with Crippen molar-refractivity contribution in [3.05, 3.63) is 63.6 Å². The summed E-state index contributed by atoms with van der Waals surface area (Å²) in [7, 11) is 1.67. The van der Waals surface area contributed by atoms with E-state index in [0.29, 0.717) is 11.6 Å². The van der Waals surface area contributed by atoms with Crippen LogP contribution in [0.1, 0.15) is 24.1 Å². The highest BCUT2D eigenvalue weighted by Gasteiger charge is 2.08. The average Bonchev–Trinajstić information content (AvgIpc) is 2.48. The van der Waals surface area contributed by atoms with Gasteiger partial charge >= 0.3 is 0 Å². The van der Waals surface area contributed by atoms with Gasteiger partial charge < -0.3 is 10.1 Å². The maximum Gasteiger partial charge on any atom is 0.119 e. The molecule has 0 saturated heterocycles. The van der Waals surface area contributed by atoms with Crippen LogP contribution in [0.25, 0.3) is 0 Å². The SMILES string of the molecule is COc1cccc(C(C)NCc2cc(Cl)ccc2Cl)c1. The molecule has 0 saturated carbocycles. The van der Waals surface area contributed by atoms with Crippen molar-refractivity contribution in [1.29, 1.82) is 0 Å². The van der Waals surface area contributed by atoms with Gasteiger partial charge in [0.05, 0.1) is 7.11 Å². The molecule has 1 N–H and O–H groups in total. The van der Waals surface area contributed by atoms with Gasteiger partial charge in [-0.25, -0.2) is 0 Å². The highest BCUT2D eigenvalue weighted by molar-refractivity contribution is 6.33. The molecule has 0 aromatic heterocycles. The second-order valence-corrected chi connectivity index (χ2v) is 5.46. The minimum atomic E-state index is 0.195. The Hall–Kier alpha value is -1.22. The molecule has 0 heterocycles. The van der Waals surface area contributed by atoms with Gasteiger partial charge in [-0.15, -0.1) is 0 Å². The van der Waals surface area contributed by atoms with E-state index in [4.69, 9.17) is 27.9 Å². The summed E-state index contributed by atoms with van der Waals surface area (Å²) >= 11 is 12.1. The first kappa shape index (κ1) is 15.2. The predicted molar refractivity (Wildman–Crippen MR) is 84.7 cm³/mol. The molecule has 20 heavy (non-hydrogen) atoms. The molecule has 2 nitrogen and oxygen atoms in total. The number of hydrogen-bond donors (Lipinski definition) is 1. The van der Waals surface area contributed by atoms with Crippen LogP contribution in [0.2, 0.25) is 10.0 Å². The van der Waals surface area contributed by atoms with Gasteiger partial charge in [-0.3, -0.25) is 0 Å². The summed E-state index contributed by atoms with van der Waals surface area (Å²) in [4.78, 5) is 0. The smallest absolute Gasteiger partial charge is 0.119 e. The summed E-state index contributed by atoms with van der Waals surface area (Å²) in [6, 6.07) is 13.7. The third-order valence-corrected chi connectivity index (χ3v) is 3.80. The molecule has 0 spiro atoms. The number of halogens is 2. The first-order valence-corrected chi connectivity index (χ1v) is 7.17. The molecule has 0 radical (unpaired) electrons. The quantitative estimate of drug-likeness (QED) is 0.852. The fourth-order valence-corrected chi connectivity index (χ4v) is 2.35. The van der Waals surface area contributed by atoms with Crippen LogP contribution in [0, 0.1) is 0 Å². The van der Waals surface area contributed by atoms with Crippen LogP contribution in [0.3, 0.4) is 0 Å². The van der Waals surface area contributed by atoms with Crippen LogP contribution in [0.5, 0.6) is 5.75 Å². The molecule has 0 aliphatic rings. The number of rotatable bonds is 5. The minimum Gasteiger partial charge on any atom is -0.497 e. The Bertz CT molecular complexity index is 586. The average molecular weight is 310 g/mol. The minimum absolute atomic E-state index is 0.195. The summed E-state index contributed by atoms with van der Waals surface area (Å²) in [5.41, 5.74) is 2.16. The molecule has 0 amide bonds. The maximum atomic E-state index is 6.15. The van der Waals surface area contributed by atoms with Crippen molar-refractivity contribution in [1.82, 2.24) is 5.32 Å². The molecule has 1 unspecified atom stereocenters. The second-order valence-electron chi connectivity index (χ2n) is 4.61. The van der Waals surface area contributed by atoms with Crippen molar-refractivity contribution in [3.63, 3.8) is 0 Å². The van der Waals surface area contributed by atoms with E-state index in [1.165, 1.54) is 5.56 Å². The molecular weight excluding hydrogens is 293 g/mol. The lowest BCUT2D eigenvalue weighted by molar-refractivity contribution is 0.413. The highest BCUT2D eigenvalue weighted by atomic mass is 35.5. The Morgan fingerprint density at radius 3 is 2.70 bits per heavy atom. The van der Waals surface area contributed by atoms with Crippen LogP contribution >= 0.6 is 23.2 Å². The van der Waals surface area contributed by atoms with Gasteiger partial charge in [-0.1, -0.05) is 35.3 Å². The molecule has 2 aromatic carbocycles. The molecule has 0 fully saturated rings. The molecule has 1 atom stereocenters. The van der Waals surface area contributed by atoms with Gasteiger partial charge in [0.2, 0.25) is 0 Å². The fourth-order valence-electron chi connectivity index (χ4n) is 1.97. The van der Waals surface area contributed by atoms with Crippen LogP contribution in [-0.2, 0) is 6.54 Å². The van der Waals surface area contributed by atoms with Gasteiger partial charge in [0, 0.05) is 22.6 Å². The first-order chi connectivity index (χ1) is 9.60. The maximum absolute atomic E-state index is 6.15. The molecule has 2 aromatic rings. The number of methoxy groups -OCH3 is 1. The molecule has 106 valence electrons. The van der Waals surface area contributed by atoms with E-state index in [1.807, 2.05) is 30.3 Å². The highest BCUT2D eigenvalue weighted by Crippen LogP contribution is 2.23. The Labute approximate surface area is 129 Å². The largest absolute Gasteiger partial charge is 0.497 e. The Morgan fingerprint density at radius 2 is 1.95 bits per heavy atom. The number of hydrogen-bond acceptors (Lipinski definition) is 2. The third-order valence-electron chi connectivity index (χ3n) is 3.20. The Balaban J connectivity index is 2.04. The summed E-state index contributed by atoms with van der Waals surface area (Å²) in [5, 5.41) is 4.85. The van der Waals surface area contributed by atoms with Crippen molar-refractivity contribution in [2.45, 2.75) is 19.5 Å². The van der Waals surface area contributed by atoms with Crippen molar-refractivity contribution < 1.29 is 4.74 Å². The summed E-state index contributed by atoms with van der Waals surface area (Å²) in [6.07, 6.45) is 0. The van der Waals surface area contributed by atoms with Gasteiger partial charge in [0.25, 0.3) is 0 Å². The standard InChI is InChI=1S/C16H17Cl2NO/c1-11(12-4-3-5-15(9-12)20-2)19-10-13-8-14(17)6-7-16(13)18/h3-9,11,19H,10H2,1-2H3. The van der Waals surface area contributed by atoms with Crippen LogP contribution in [-0.4, -0.2) is 7.11 Å². The van der Waals surface area contributed by atoms with Gasteiger partial charge in [-0.2, -0.15) is 0 Å². The van der Waals surface area contributed by atoms with E-state index in [-0.39, 0.29) is 6.04 Å². The number of nitrogens with one attached hydrogen (secondary N) is 1. The molecule has 0 aliphatic heterocycles. The Morgan fingerprint density at radius 1 is 1.15 bits per heavy atom. The van der Waals surface area contributed by atoms with Crippen LogP contribution < -0.4 is 10.1 Å². The summed E-state index contributed by atoms with van der Waals surface area (Å²) < 4.78 is 5.24. The van der Waals surface area contributed by atoms with E-state index in [2.05, 4.69) is 18.3 Å². The molecule has 0 bridgehead atoms. The van der Waals surface area contributed by atoms with Gasteiger partial charge in [0.1, 0.15) is 5.75 Å². The Kier molecular flexibility index (Phi) is 5.30. The normalized spacial score (nSPS) is 12.2. The summed E-state index contributed by atoms with van der Waals surface area (Å²) in [5.74, 6) is 0.858. The van der Waals surface area contributed by atoms with E-state index >= 15 is 0 Å². The monoisotopic (exact) mass is 309 g/mol. The van der Waals surface area contributed by atoms with E-state index in [1.54, 1.807) is 13.2 Å². The van der Waals surface area contributed by atoms with E-state index in [0.717, 1.165) is 16.3 Å². The zero-order valence-corrected chi connectivity index (χ0v) is 13.0. The lowest BCUT2D eigenvalue weighted by Crippen LogP contribution is -2.18. The van der Waals surface area contributed by atoms with E-state index in [9.17, 15) is 0 Å². The van der Waals surface area contributed by atoms with Gasteiger partial charge in [-0.05, 0) is 48.4 Å². The molecular formula is C16H17Cl2NO. The topological polar surface area (TPSA) is 21.3 Å². The van der Waals surface area contributed by atoms with Crippen molar-refractivity contribution >= 4 is 23.2 Å². The molecule has 4 heteroatoms. The zero-order chi connectivity index (χ0) is 14.5. The van der Waals surface area contributed by atoms with Crippen LogP contribution in [0.4, 0.5) is 0 Å². The molecule has 2 rings (SSSR count). The number of benzene rings is 2. The van der Waals surface area contributed by atoms with Crippen molar-refractivity contribution in [3.8, 4) is 5.75 Å². The lowest BCUT2D eigenvalue weighted by atomic mass is 10.1. The lowest BCUT2D eigenvalue weighted by Gasteiger charge is -2.16. The molecule has 0 aliphatic carbocycles. The zero-order valence-electron chi connectivity index (χ0n) is 11.5. The first-order valence-electron chi connectivity index (χ1n) is 6.41. The van der Waals surface area contributed by atoms with Gasteiger partial charge in [0.15, 0.2) is 0 Å². The van der Waals surface area contributed by atoms with Crippen molar-refractivity contribution in [2.75, 3.05) is 7.11 Å². The fraction of sp³-hybridized carbons (Fsp3) is 0.250. The summed E-state index contributed by atoms with van der Waals surface area (Å²) in [6.45, 7) is 2.77.